The Labute approximate surface area is 166 Å². The minimum absolute atomic E-state index is 0.0413. The molecule has 144 valence electrons. The van der Waals surface area contributed by atoms with Gasteiger partial charge in [-0.1, -0.05) is 26.0 Å². The first-order valence-corrected chi connectivity index (χ1v) is 9.49. The van der Waals surface area contributed by atoms with Gasteiger partial charge in [-0.15, -0.1) is 0 Å². The van der Waals surface area contributed by atoms with E-state index in [4.69, 9.17) is 0 Å². The van der Waals surface area contributed by atoms with Crippen LogP contribution < -0.4 is 5.32 Å². The van der Waals surface area contributed by atoms with Crippen molar-refractivity contribution in [3.8, 4) is 0 Å². The van der Waals surface area contributed by atoms with Gasteiger partial charge in [-0.25, -0.2) is 0 Å². The molecule has 0 unspecified atom stereocenters. The molecule has 0 radical (unpaired) electrons. The van der Waals surface area contributed by atoms with Gasteiger partial charge in [-0.3, -0.25) is 14.8 Å². The molecule has 0 saturated heterocycles. The molecule has 0 aliphatic rings. The molecule has 0 aliphatic heterocycles. The van der Waals surface area contributed by atoms with Crippen LogP contribution in [0.3, 0.4) is 0 Å². The molecule has 5 nitrogen and oxygen atoms in total. The average molecular weight is 374 g/mol. The first-order chi connectivity index (χ1) is 13.5. The van der Waals surface area contributed by atoms with E-state index in [9.17, 15) is 4.79 Å². The number of carbonyl (C=O) groups excluding carboxylic acids is 1. The summed E-state index contributed by atoms with van der Waals surface area (Å²) in [4.78, 5) is 22.7. The van der Waals surface area contributed by atoms with Crippen molar-refractivity contribution in [1.82, 2.24) is 14.9 Å². The molecule has 3 aromatic rings. The summed E-state index contributed by atoms with van der Waals surface area (Å²) in [5.41, 5.74) is 4.80. The molecular weight excluding hydrogens is 348 g/mol. The summed E-state index contributed by atoms with van der Waals surface area (Å²) in [6.45, 7) is 4.98. The van der Waals surface area contributed by atoms with Crippen molar-refractivity contribution in [3.63, 3.8) is 0 Å². The minimum Gasteiger partial charge on any atom is -0.354 e. The second-order valence-corrected chi connectivity index (χ2v) is 7.20. The second kappa shape index (κ2) is 9.13. The van der Waals surface area contributed by atoms with E-state index in [0.29, 0.717) is 18.0 Å². The van der Waals surface area contributed by atoms with Crippen LogP contribution in [0.15, 0.2) is 67.3 Å². The van der Waals surface area contributed by atoms with Crippen LogP contribution in [0.5, 0.6) is 0 Å². The molecule has 1 amide bonds. The van der Waals surface area contributed by atoms with E-state index in [1.54, 1.807) is 29.7 Å². The molecule has 0 spiro atoms. The maximum atomic E-state index is 12.7. The van der Waals surface area contributed by atoms with Crippen molar-refractivity contribution in [2.45, 2.75) is 26.2 Å². The number of amides is 1. The fourth-order valence-electron chi connectivity index (χ4n) is 2.91. The third kappa shape index (κ3) is 5.16. The van der Waals surface area contributed by atoms with Crippen molar-refractivity contribution in [3.05, 3.63) is 83.9 Å². The Kier molecular flexibility index (Phi) is 6.37. The molecule has 0 aliphatic carbocycles. The van der Waals surface area contributed by atoms with Crippen LogP contribution in [-0.4, -0.2) is 34.4 Å². The number of aromatic nitrogens is 2. The summed E-state index contributed by atoms with van der Waals surface area (Å²) in [5, 5.41) is 3.32. The number of nitrogens with zero attached hydrogens (tertiary/aromatic N) is 3. The highest BCUT2D eigenvalue weighted by atomic mass is 16.2. The SMILES string of the molecule is CC(C)c1ccc(Nc2cncc(C(=O)N(C)CCc3ccncc3)c2)cc1. The zero-order valence-electron chi connectivity index (χ0n) is 16.6. The minimum atomic E-state index is -0.0413. The third-order valence-corrected chi connectivity index (χ3v) is 4.68. The van der Waals surface area contributed by atoms with Gasteiger partial charge in [0.15, 0.2) is 0 Å². The van der Waals surface area contributed by atoms with E-state index in [1.807, 2.05) is 37.4 Å². The molecule has 1 N–H and O–H groups in total. The number of hydrogen-bond donors (Lipinski definition) is 1. The number of likely N-dealkylation sites (N-methyl/N-ethyl adjacent to an activating group) is 1. The number of hydrogen-bond acceptors (Lipinski definition) is 4. The van der Waals surface area contributed by atoms with Crippen LogP contribution in [0, 0.1) is 0 Å². The maximum Gasteiger partial charge on any atom is 0.255 e. The number of carbonyl (C=O) groups is 1. The van der Waals surface area contributed by atoms with Crippen LogP contribution >= 0.6 is 0 Å². The van der Waals surface area contributed by atoms with Crippen LogP contribution in [0.25, 0.3) is 0 Å². The molecular formula is C23H26N4O. The molecule has 5 heteroatoms. The largest absolute Gasteiger partial charge is 0.354 e. The highest BCUT2D eigenvalue weighted by molar-refractivity contribution is 5.94. The van der Waals surface area contributed by atoms with Gasteiger partial charge in [0.05, 0.1) is 17.4 Å². The Morgan fingerprint density at radius 3 is 2.39 bits per heavy atom. The standard InChI is InChI=1S/C23H26N4O/c1-17(2)19-4-6-21(7-5-19)26-22-14-20(15-25-16-22)23(28)27(3)13-10-18-8-11-24-12-9-18/h4-9,11-12,14-17,26H,10,13H2,1-3H3. The Morgan fingerprint density at radius 2 is 1.71 bits per heavy atom. The second-order valence-electron chi connectivity index (χ2n) is 7.20. The van der Waals surface area contributed by atoms with Crippen molar-refractivity contribution in [2.24, 2.45) is 0 Å². The van der Waals surface area contributed by atoms with Crippen molar-refractivity contribution >= 4 is 17.3 Å². The Bertz CT molecular complexity index is 907. The van der Waals surface area contributed by atoms with E-state index < -0.39 is 0 Å². The number of anilines is 2. The summed E-state index contributed by atoms with van der Waals surface area (Å²) in [7, 11) is 1.81. The Morgan fingerprint density at radius 1 is 1.00 bits per heavy atom. The zero-order valence-corrected chi connectivity index (χ0v) is 16.6. The number of rotatable bonds is 7. The van der Waals surface area contributed by atoms with E-state index in [-0.39, 0.29) is 5.91 Å². The zero-order chi connectivity index (χ0) is 19.9. The van der Waals surface area contributed by atoms with E-state index >= 15 is 0 Å². The summed E-state index contributed by atoms with van der Waals surface area (Å²) < 4.78 is 0. The molecule has 3 rings (SSSR count). The molecule has 0 fully saturated rings. The molecule has 2 aromatic heterocycles. The van der Waals surface area contributed by atoms with Crippen molar-refractivity contribution in [1.29, 1.82) is 0 Å². The monoisotopic (exact) mass is 374 g/mol. The van der Waals surface area contributed by atoms with Gasteiger partial charge in [-0.2, -0.15) is 0 Å². The van der Waals surface area contributed by atoms with Crippen molar-refractivity contribution < 1.29 is 4.79 Å². The van der Waals surface area contributed by atoms with E-state index in [1.165, 1.54) is 5.56 Å². The Balaban J connectivity index is 1.63. The number of benzene rings is 1. The Hall–Kier alpha value is -3.21. The maximum absolute atomic E-state index is 12.7. The molecule has 28 heavy (non-hydrogen) atoms. The van der Waals surface area contributed by atoms with Gasteiger partial charge >= 0.3 is 0 Å². The van der Waals surface area contributed by atoms with Crippen LogP contribution in [-0.2, 0) is 6.42 Å². The summed E-state index contributed by atoms with van der Waals surface area (Å²) in [6.07, 6.45) is 7.66. The predicted octanol–water partition coefficient (Wildman–Crippen LogP) is 4.66. The lowest BCUT2D eigenvalue weighted by Gasteiger charge is -2.17. The lowest BCUT2D eigenvalue weighted by atomic mass is 10.0. The van der Waals surface area contributed by atoms with E-state index in [2.05, 4.69) is 41.3 Å². The van der Waals surface area contributed by atoms with Crippen LogP contribution in [0.1, 0.15) is 41.3 Å². The topological polar surface area (TPSA) is 58.1 Å². The van der Waals surface area contributed by atoms with Gasteiger partial charge in [0.2, 0.25) is 0 Å². The summed E-state index contributed by atoms with van der Waals surface area (Å²) in [5.74, 6) is 0.458. The van der Waals surface area contributed by atoms with Gasteiger partial charge in [-0.05, 0) is 53.8 Å². The highest BCUT2D eigenvalue weighted by Crippen LogP contribution is 2.21. The number of nitrogens with one attached hydrogen (secondary N) is 1. The van der Waals surface area contributed by atoms with Gasteiger partial charge in [0.25, 0.3) is 5.91 Å². The smallest absolute Gasteiger partial charge is 0.255 e. The normalized spacial score (nSPS) is 10.7. The number of pyridine rings is 2. The average Bonchev–Trinajstić information content (AvgIpc) is 2.73. The molecule has 0 atom stereocenters. The molecule has 2 heterocycles. The lowest BCUT2D eigenvalue weighted by Crippen LogP contribution is -2.29. The molecule has 0 saturated carbocycles. The quantitative estimate of drug-likeness (QED) is 0.653. The van der Waals surface area contributed by atoms with Gasteiger partial charge < -0.3 is 10.2 Å². The highest BCUT2D eigenvalue weighted by Gasteiger charge is 2.13. The van der Waals surface area contributed by atoms with Crippen LogP contribution in [0.4, 0.5) is 11.4 Å². The first kappa shape index (κ1) is 19.5. The van der Waals surface area contributed by atoms with Crippen molar-refractivity contribution in [2.75, 3.05) is 18.9 Å². The fourth-order valence-corrected chi connectivity index (χ4v) is 2.91. The molecule has 1 aromatic carbocycles. The lowest BCUT2D eigenvalue weighted by molar-refractivity contribution is 0.0796. The van der Waals surface area contributed by atoms with Crippen LogP contribution in [0.2, 0.25) is 0 Å². The summed E-state index contributed by atoms with van der Waals surface area (Å²) in [6, 6.07) is 14.1. The van der Waals surface area contributed by atoms with Gasteiger partial charge in [0, 0.05) is 37.9 Å². The predicted molar refractivity (Wildman–Crippen MR) is 113 cm³/mol. The fraction of sp³-hybridized carbons (Fsp3) is 0.261. The first-order valence-electron chi connectivity index (χ1n) is 9.49. The summed E-state index contributed by atoms with van der Waals surface area (Å²) >= 11 is 0. The van der Waals surface area contributed by atoms with E-state index in [0.717, 1.165) is 23.4 Å². The third-order valence-electron chi connectivity index (χ3n) is 4.68. The molecule has 0 bridgehead atoms. The van der Waals surface area contributed by atoms with Gasteiger partial charge in [0.1, 0.15) is 0 Å².